The van der Waals surface area contributed by atoms with Crippen LogP contribution in [0.1, 0.15) is 34.1 Å². The maximum Gasteiger partial charge on any atom is 0.325 e. The highest BCUT2D eigenvalue weighted by Gasteiger charge is 2.06. The van der Waals surface area contributed by atoms with Crippen molar-refractivity contribution in [3.05, 3.63) is 24.3 Å². The molecule has 0 spiro atoms. The third-order valence-corrected chi connectivity index (χ3v) is 2.55. The second kappa shape index (κ2) is 7.67. The van der Waals surface area contributed by atoms with E-state index >= 15 is 0 Å². The van der Waals surface area contributed by atoms with Crippen molar-refractivity contribution in [1.29, 1.82) is 0 Å². The Hall–Kier alpha value is -1.71. The van der Waals surface area contributed by atoms with Gasteiger partial charge in [0.25, 0.3) is 0 Å². The zero-order valence-corrected chi connectivity index (χ0v) is 12.1. The second-order valence-corrected chi connectivity index (χ2v) is 4.76. The van der Waals surface area contributed by atoms with Gasteiger partial charge in [0.15, 0.2) is 0 Å². The fourth-order valence-corrected chi connectivity index (χ4v) is 1.47. The summed E-state index contributed by atoms with van der Waals surface area (Å²) in [6.07, 6.45) is 1.05. The number of hydrogen-bond donors (Lipinski definition) is 1. The average molecular weight is 265 g/mol. The van der Waals surface area contributed by atoms with Gasteiger partial charge in [-0.05, 0) is 39.3 Å². The van der Waals surface area contributed by atoms with Crippen molar-refractivity contribution in [2.45, 2.75) is 46.3 Å². The van der Waals surface area contributed by atoms with Crippen molar-refractivity contribution in [2.75, 3.05) is 11.9 Å². The molecule has 0 saturated heterocycles. The SMILES string of the molecule is CCC(C)Oc1cccc(NCC(=O)OC(C)C)c1. The van der Waals surface area contributed by atoms with E-state index in [0.29, 0.717) is 0 Å². The number of anilines is 1. The molecule has 0 bridgehead atoms. The van der Waals surface area contributed by atoms with Crippen LogP contribution in [-0.4, -0.2) is 24.7 Å². The number of carbonyl (C=O) groups is 1. The summed E-state index contributed by atoms with van der Waals surface area (Å²) in [6.45, 7) is 7.93. The molecule has 0 fully saturated rings. The lowest BCUT2D eigenvalue weighted by atomic mass is 10.2. The van der Waals surface area contributed by atoms with Crippen molar-refractivity contribution >= 4 is 11.7 Å². The van der Waals surface area contributed by atoms with Gasteiger partial charge in [-0.2, -0.15) is 0 Å². The van der Waals surface area contributed by atoms with E-state index in [9.17, 15) is 4.79 Å². The molecule has 1 unspecified atom stereocenters. The maximum atomic E-state index is 11.4. The third kappa shape index (κ3) is 6.13. The Morgan fingerprint density at radius 3 is 2.68 bits per heavy atom. The smallest absolute Gasteiger partial charge is 0.325 e. The molecule has 0 radical (unpaired) electrons. The van der Waals surface area contributed by atoms with Gasteiger partial charge >= 0.3 is 5.97 Å². The number of hydrogen-bond acceptors (Lipinski definition) is 4. The van der Waals surface area contributed by atoms with Crippen LogP contribution in [0.5, 0.6) is 5.75 Å². The van der Waals surface area contributed by atoms with E-state index in [0.717, 1.165) is 17.9 Å². The summed E-state index contributed by atoms with van der Waals surface area (Å²) >= 11 is 0. The Balaban J connectivity index is 2.50. The quantitative estimate of drug-likeness (QED) is 0.769. The van der Waals surface area contributed by atoms with Gasteiger partial charge in [0.05, 0.1) is 12.2 Å². The van der Waals surface area contributed by atoms with Crippen LogP contribution in [0.2, 0.25) is 0 Å². The Kier molecular flexibility index (Phi) is 6.19. The molecule has 0 aromatic heterocycles. The van der Waals surface area contributed by atoms with E-state index in [4.69, 9.17) is 9.47 Å². The molecule has 1 aromatic rings. The van der Waals surface area contributed by atoms with Gasteiger partial charge in [-0.1, -0.05) is 13.0 Å². The minimum Gasteiger partial charge on any atom is -0.491 e. The highest BCUT2D eigenvalue weighted by Crippen LogP contribution is 2.19. The zero-order chi connectivity index (χ0) is 14.3. The third-order valence-electron chi connectivity index (χ3n) is 2.55. The Bertz CT molecular complexity index is 404. The molecule has 0 amide bonds. The molecule has 19 heavy (non-hydrogen) atoms. The fourth-order valence-electron chi connectivity index (χ4n) is 1.47. The van der Waals surface area contributed by atoms with E-state index in [1.807, 2.05) is 45.0 Å². The van der Waals surface area contributed by atoms with Crippen molar-refractivity contribution in [3.63, 3.8) is 0 Å². The van der Waals surface area contributed by atoms with Crippen LogP contribution in [0.4, 0.5) is 5.69 Å². The number of nitrogens with one attached hydrogen (secondary N) is 1. The Labute approximate surface area is 115 Å². The number of rotatable bonds is 7. The predicted molar refractivity (Wildman–Crippen MR) is 76.5 cm³/mol. The standard InChI is InChI=1S/C15H23NO3/c1-5-12(4)19-14-8-6-7-13(9-14)16-10-15(17)18-11(2)3/h6-9,11-12,16H,5,10H2,1-4H3. The number of esters is 1. The van der Waals surface area contributed by atoms with Crippen LogP contribution in [-0.2, 0) is 9.53 Å². The number of benzene rings is 1. The molecule has 0 saturated carbocycles. The molecule has 1 aromatic carbocycles. The van der Waals surface area contributed by atoms with E-state index in [1.165, 1.54) is 0 Å². The van der Waals surface area contributed by atoms with Gasteiger partial charge in [-0.3, -0.25) is 4.79 Å². The summed E-state index contributed by atoms with van der Waals surface area (Å²) in [7, 11) is 0. The molecule has 1 N–H and O–H groups in total. The van der Waals surface area contributed by atoms with E-state index in [2.05, 4.69) is 12.2 Å². The first kappa shape index (κ1) is 15.3. The van der Waals surface area contributed by atoms with Crippen LogP contribution in [0.25, 0.3) is 0 Å². The summed E-state index contributed by atoms with van der Waals surface area (Å²) in [4.78, 5) is 11.4. The van der Waals surface area contributed by atoms with E-state index < -0.39 is 0 Å². The normalized spacial score (nSPS) is 12.1. The summed E-state index contributed by atoms with van der Waals surface area (Å²) in [5.74, 6) is 0.542. The molecule has 1 rings (SSSR count). The molecule has 4 heteroatoms. The van der Waals surface area contributed by atoms with Gasteiger partial charge in [-0.25, -0.2) is 0 Å². The minimum atomic E-state index is -0.261. The van der Waals surface area contributed by atoms with Crippen molar-refractivity contribution in [3.8, 4) is 5.75 Å². The fraction of sp³-hybridized carbons (Fsp3) is 0.533. The molecule has 0 aliphatic rings. The van der Waals surface area contributed by atoms with Gasteiger partial charge in [0.2, 0.25) is 0 Å². The number of ether oxygens (including phenoxy) is 2. The lowest BCUT2D eigenvalue weighted by molar-refractivity contribution is -0.145. The van der Waals surface area contributed by atoms with Crippen LogP contribution >= 0.6 is 0 Å². The zero-order valence-electron chi connectivity index (χ0n) is 12.1. The second-order valence-electron chi connectivity index (χ2n) is 4.76. The first-order chi connectivity index (χ1) is 9.01. The van der Waals surface area contributed by atoms with Gasteiger partial charge in [0.1, 0.15) is 12.3 Å². The van der Waals surface area contributed by atoms with Crippen LogP contribution in [0.15, 0.2) is 24.3 Å². The van der Waals surface area contributed by atoms with E-state index in [-0.39, 0.29) is 24.7 Å². The Morgan fingerprint density at radius 1 is 1.32 bits per heavy atom. The topological polar surface area (TPSA) is 47.6 Å². The predicted octanol–water partition coefficient (Wildman–Crippen LogP) is 3.23. The maximum absolute atomic E-state index is 11.4. The van der Waals surface area contributed by atoms with Gasteiger partial charge in [-0.15, -0.1) is 0 Å². The van der Waals surface area contributed by atoms with Gasteiger partial charge < -0.3 is 14.8 Å². The summed E-state index contributed by atoms with van der Waals surface area (Å²) in [5.41, 5.74) is 0.849. The van der Waals surface area contributed by atoms with E-state index in [1.54, 1.807) is 0 Å². The average Bonchev–Trinajstić information content (AvgIpc) is 2.36. The molecule has 4 nitrogen and oxygen atoms in total. The first-order valence-electron chi connectivity index (χ1n) is 6.71. The van der Waals surface area contributed by atoms with Gasteiger partial charge in [0, 0.05) is 11.8 Å². The van der Waals surface area contributed by atoms with Crippen molar-refractivity contribution < 1.29 is 14.3 Å². The highest BCUT2D eigenvalue weighted by atomic mass is 16.5. The number of carbonyl (C=O) groups excluding carboxylic acids is 1. The summed E-state index contributed by atoms with van der Waals surface area (Å²) in [5, 5.41) is 3.03. The van der Waals surface area contributed by atoms with Crippen molar-refractivity contribution in [2.24, 2.45) is 0 Å². The molecule has 0 aliphatic heterocycles. The largest absolute Gasteiger partial charge is 0.491 e. The highest BCUT2D eigenvalue weighted by molar-refractivity contribution is 5.75. The molecule has 0 heterocycles. The molecular weight excluding hydrogens is 242 g/mol. The van der Waals surface area contributed by atoms with Crippen LogP contribution in [0.3, 0.4) is 0 Å². The lowest BCUT2D eigenvalue weighted by Crippen LogP contribution is -2.20. The molecule has 0 aliphatic carbocycles. The summed E-state index contributed by atoms with van der Waals surface area (Å²) in [6, 6.07) is 7.58. The van der Waals surface area contributed by atoms with Crippen LogP contribution in [0, 0.1) is 0 Å². The monoisotopic (exact) mass is 265 g/mol. The Morgan fingerprint density at radius 2 is 2.05 bits per heavy atom. The summed E-state index contributed by atoms with van der Waals surface area (Å²) < 4.78 is 10.8. The molecular formula is C15H23NO3. The van der Waals surface area contributed by atoms with Crippen LogP contribution < -0.4 is 10.1 Å². The molecule has 1 atom stereocenters. The first-order valence-corrected chi connectivity index (χ1v) is 6.71. The van der Waals surface area contributed by atoms with Crippen molar-refractivity contribution in [1.82, 2.24) is 0 Å². The minimum absolute atomic E-state index is 0.0885. The lowest BCUT2D eigenvalue weighted by Gasteiger charge is -2.14. The molecule has 106 valence electrons.